The van der Waals surface area contributed by atoms with Crippen LogP contribution in [0.2, 0.25) is 0 Å². The number of aliphatic hydroxyl groups excluding tert-OH is 1. The average molecular weight is 388 g/mol. The van der Waals surface area contributed by atoms with E-state index in [1.165, 1.54) is 11.2 Å². The van der Waals surface area contributed by atoms with Crippen molar-refractivity contribution >= 4 is 17.4 Å². The van der Waals surface area contributed by atoms with Crippen molar-refractivity contribution in [1.82, 2.24) is 9.88 Å². The van der Waals surface area contributed by atoms with Crippen LogP contribution in [-0.4, -0.2) is 26.7 Å². The summed E-state index contributed by atoms with van der Waals surface area (Å²) in [5, 5.41) is 11.1. The molecule has 0 saturated carbocycles. The number of rotatable bonds is 4. The van der Waals surface area contributed by atoms with Crippen molar-refractivity contribution in [3.05, 3.63) is 94.7 Å². The van der Waals surface area contributed by atoms with Gasteiger partial charge in [-0.3, -0.25) is 14.6 Å². The van der Waals surface area contributed by atoms with E-state index in [9.17, 15) is 14.7 Å². The molecule has 4 rings (SSSR count). The molecule has 0 bridgehead atoms. The van der Waals surface area contributed by atoms with Gasteiger partial charge in [0.2, 0.25) is 0 Å². The lowest BCUT2D eigenvalue weighted by Gasteiger charge is -2.23. The van der Waals surface area contributed by atoms with Gasteiger partial charge in [-0.25, -0.2) is 0 Å². The van der Waals surface area contributed by atoms with Gasteiger partial charge in [0.25, 0.3) is 11.7 Å². The number of aromatic nitrogens is 1. The molecule has 29 heavy (non-hydrogen) atoms. The number of nitrogens with zero attached hydrogens (tertiary/aromatic N) is 2. The monoisotopic (exact) mass is 388 g/mol. The maximum absolute atomic E-state index is 13.0. The minimum absolute atomic E-state index is 0.0301. The third kappa shape index (κ3) is 3.33. The van der Waals surface area contributed by atoms with Gasteiger partial charge in [0, 0.05) is 24.5 Å². The minimum Gasteiger partial charge on any atom is -0.507 e. The SMILES string of the molecule is Cc1ccc(C)c(/C(O)=C2/C(=O)C(=O)N(Cc3cccnc3)C2c2ccco2)c1. The van der Waals surface area contributed by atoms with Crippen LogP contribution in [0.5, 0.6) is 0 Å². The fraction of sp³-hybridized carbons (Fsp3) is 0.174. The van der Waals surface area contributed by atoms with E-state index < -0.39 is 17.7 Å². The molecule has 6 nitrogen and oxygen atoms in total. The van der Waals surface area contributed by atoms with E-state index in [2.05, 4.69) is 4.98 Å². The topological polar surface area (TPSA) is 83.6 Å². The van der Waals surface area contributed by atoms with Gasteiger partial charge in [0.15, 0.2) is 0 Å². The van der Waals surface area contributed by atoms with E-state index in [-0.39, 0.29) is 17.9 Å². The van der Waals surface area contributed by atoms with Gasteiger partial charge in [-0.15, -0.1) is 0 Å². The number of furan rings is 1. The van der Waals surface area contributed by atoms with Gasteiger partial charge in [0.1, 0.15) is 17.6 Å². The molecule has 1 aromatic carbocycles. The Kier molecular flexibility index (Phi) is 4.76. The lowest BCUT2D eigenvalue weighted by molar-refractivity contribution is -0.140. The van der Waals surface area contributed by atoms with Crippen LogP contribution < -0.4 is 0 Å². The molecule has 0 spiro atoms. The highest BCUT2D eigenvalue weighted by atomic mass is 16.3. The Hall–Kier alpha value is -3.67. The number of Topliss-reactive ketones (excluding diaryl/α,β-unsaturated/α-hetero) is 1. The van der Waals surface area contributed by atoms with Gasteiger partial charge < -0.3 is 14.4 Å². The van der Waals surface area contributed by atoms with E-state index >= 15 is 0 Å². The van der Waals surface area contributed by atoms with E-state index in [1.807, 2.05) is 32.0 Å². The second-order valence-corrected chi connectivity index (χ2v) is 7.12. The minimum atomic E-state index is -0.815. The fourth-order valence-electron chi connectivity index (χ4n) is 3.61. The second-order valence-electron chi connectivity index (χ2n) is 7.12. The van der Waals surface area contributed by atoms with Crippen LogP contribution in [0, 0.1) is 13.8 Å². The Morgan fingerprint density at radius 2 is 2.00 bits per heavy atom. The molecule has 0 aliphatic carbocycles. The van der Waals surface area contributed by atoms with E-state index in [1.54, 1.807) is 36.7 Å². The summed E-state index contributed by atoms with van der Waals surface area (Å²) in [6.07, 6.45) is 4.77. The summed E-state index contributed by atoms with van der Waals surface area (Å²) >= 11 is 0. The van der Waals surface area contributed by atoms with Crippen molar-refractivity contribution < 1.29 is 19.1 Å². The zero-order chi connectivity index (χ0) is 20.5. The first-order valence-electron chi connectivity index (χ1n) is 9.25. The predicted octanol–water partition coefficient (Wildman–Crippen LogP) is 3.91. The molecule has 0 radical (unpaired) electrons. The van der Waals surface area contributed by atoms with Gasteiger partial charge in [-0.2, -0.15) is 0 Å². The highest BCUT2D eigenvalue weighted by molar-refractivity contribution is 6.46. The molecule has 1 unspecified atom stereocenters. The Morgan fingerprint density at radius 1 is 1.17 bits per heavy atom. The number of aliphatic hydroxyl groups is 1. The first kappa shape index (κ1) is 18.7. The van der Waals surface area contributed by atoms with Crippen molar-refractivity contribution in [3.8, 4) is 0 Å². The number of pyridine rings is 1. The van der Waals surface area contributed by atoms with Crippen molar-refractivity contribution in [2.45, 2.75) is 26.4 Å². The summed E-state index contributed by atoms with van der Waals surface area (Å²) in [7, 11) is 0. The van der Waals surface area contributed by atoms with Gasteiger partial charge in [0.05, 0.1) is 11.8 Å². The molecule has 3 aromatic rings. The number of carbonyl (C=O) groups excluding carboxylic acids is 2. The third-order valence-electron chi connectivity index (χ3n) is 5.08. The van der Waals surface area contributed by atoms with E-state index in [0.717, 1.165) is 16.7 Å². The second kappa shape index (κ2) is 7.39. The maximum Gasteiger partial charge on any atom is 0.296 e. The number of aryl methyl sites for hydroxylation is 2. The summed E-state index contributed by atoms with van der Waals surface area (Å²) in [5.41, 5.74) is 3.09. The number of hydrogen-bond donors (Lipinski definition) is 1. The molecule has 3 heterocycles. The standard InChI is InChI=1S/C23H20N2O4/c1-14-7-8-15(2)17(11-14)21(26)19-20(18-6-4-10-29-18)25(23(28)22(19)27)13-16-5-3-9-24-12-16/h3-12,20,26H,13H2,1-2H3/b21-19-. The van der Waals surface area contributed by atoms with E-state index in [0.29, 0.717) is 11.3 Å². The average Bonchev–Trinajstić information content (AvgIpc) is 3.33. The van der Waals surface area contributed by atoms with Crippen LogP contribution >= 0.6 is 0 Å². The summed E-state index contributed by atoms with van der Waals surface area (Å²) < 4.78 is 5.55. The number of likely N-dealkylation sites (tertiary alicyclic amines) is 1. The van der Waals surface area contributed by atoms with Gasteiger partial charge in [-0.05, 0) is 49.2 Å². The molecule has 146 valence electrons. The quantitative estimate of drug-likeness (QED) is 0.416. The Balaban J connectivity index is 1.87. The van der Waals surface area contributed by atoms with Crippen molar-refractivity contribution in [1.29, 1.82) is 0 Å². The number of ketones is 1. The van der Waals surface area contributed by atoms with Crippen LogP contribution in [0.15, 0.2) is 71.1 Å². The molecule has 1 fully saturated rings. The molecule has 1 aliphatic rings. The van der Waals surface area contributed by atoms with Crippen molar-refractivity contribution in [3.63, 3.8) is 0 Å². The van der Waals surface area contributed by atoms with Crippen molar-refractivity contribution in [2.24, 2.45) is 0 Å². The summed E-state index contributed by atoms with van der Waals surface area (Å²) in [5.74, 6) is -1.18. The number of amides is 1. The normalized spacial score (nSPS) is 18.4. The molecule has 1 aliphatic heterocycles. The smallest absolute Gasteiger partial charge is 0.296 e. The molecule has 1 N–H and O–H groups in total. The highest BCUT2D eigenvalue weighted by Crippen LogP contribution is 2.40. The van der Waals surface area contributed by atoms with Crippen LogP contribution in [0.3, 0.4) is 0 Å². The number of hydrogen-bond acceptors (Lipinski definition) is 5. The van der Waals surface area contributed by atoms with Crippen LogP contribution in [0.4, 0.5) is 0 Å². The molecule has 6 heteroatoms. The molecule has 1 atom stereocenters. The first-order valence-corrected chi connectivity index (χ1v) is 9.25. The molecular formula is C23H20N2O4. The lowest BCUT2D eigenvalue weighted by Crippen LogP contribution is -2.29. The largest absolute Gasteiger partial charge is 0.507 e. The number of carbonyl (C=O) groups is 2. The van der Waals surface area contributed by atoms with Crippen molar-refractivity contribution in [2.75, 3.05) is 0 Å². The molecule has 1 amide bonds. The van der Waals surface area contributed by atoms with Crippen LogP contribution in [0.25, 0.3) is 5.76 Å². The summed E-state index contributed by atoms with van der Waals surface area (Å²) in [6, 6.07) is 11.8. The van der Waals surface area contributed by atoms with Gasteiger partial charge >= 0.3 is 0 Å². The summed E-state index contributed by atoms with van der Waals surface area (Å²) in [4.78, 5) is 31.3. The molecule has 1 saturated heterocycles. The number of benzene rings is 1. The highest BCUT2D eigenvalue weighted by Gasteiger charge is 2.47. The molecule has 2 aromatic heterocycles. The van der Waals surface area contributed by atoms with E-state index in [4.69, 9.17) is 4.42 Å². The van der Waals surface area contributed by atoms with Crippen LogP contribution in [-0.2, 0) is 16.1 Å². The van der Waals surface area contributed by atoms with Crippen LogP contribution in [0.1, 0.15) is 34.1 Å². The Bertz CT molecular complexity index is 1100. The predicted molar refractivity (Wildman–Crippen MR) is 107 cm³/mol. The summed E-state index contributed by atoms with van der Waals surface area (Å²) in [6.45, 7) is 3.93. The lowest BCUT2D eigenvalue weighted by atomic mass is 9.96. The maximum atomic E-state index is 13.0. The Morgan fingerprint density at radius 3 is 2.69 bits per heavy atom. The zero-order valence-corrected chi connectivity index (χ0v) is 16.1. The zero-order valence-electron chi connectivity index (χ0n) is 16.1. The first-order chi connectivity index (χ1) is 14.0. The molecular weight excluding hydrogens is 368 g/mol. The fourth-order valence-corrected chi connectivity index (χ4v) is 3.61. The Labute approximate surface area is 168 Å². The third-order valence-corrected chi connectivity index (χ3v) is 5.08. The van der Waals surface area contributed by atoms with Gasteiger partial charge in [-0.1, -0.05) is 23.8 Å².